The van der Waals surface area contributed by atoms with Crippen LogP contribution in [-0.2, 0) is 11.8 Å². The Bertz CT molecular complexity index is 1000. The van der Waals surface area contributed by atoms with Gasteiger partial charge < -0.3 is 10.2 Å². The number of likely N-dealkylation sites (tertiary alicyclic amines) is 1. The number of rotatable bonds is 5. The summed E-state index contributed by atoms with van der Waals surface area (Å²) in [6.45, 7) is 1.41. The topological polar surface area (TPSA) is 75.9 Å². The highest BCUT2D eigenvalue weighted by atomic mass is 32.1. The van der Waals surface area contributed by atoms with Crippen LogP contribution in [0.3, 0.4) is 0 Å². The van der Waals surface area contributed by atoms with Crippen LogP contribution in [0.15, 0.2) is 42.0 Å². The van der Waals surface area contributed by atoms with Crippen LogP contribution in [0.5, 0.6) is 0 Å². The van der Waals surface area contributed by atoms with Crippen molar-refractivity contribution in [1.29, 1.82) is 0 Å². The van der Waals surface area contributed by atoms with E-state index in [1.165, 1.54) is 23.6 Å². The third-order valence-electron chi connectivity index (χ3n) is 4.96. The summed E-state index contributed by atoms with van der Waals surface area (Å²) in [4.78, 5) is 22.9. The van der Waals surface area contributed by atoms with E-state index >= 15 is 0 Å². The Morgan fingerprint density at radius 1 is 1.31 bits per heavy atom. The van der Waals surface area contributed by atoms with Crippen molar-refractivity contribution < 1.29 is 9.18 Å². The molecule has 1 N–H and O–H groups in total. The summed E-state index contributed by atoms with van der Waals surface area (Å²) in [7, 11) is 1.85. The van der Waals surface area contributed by atoms with E-state index in [4.69, 9.17) is 0 Å². The number of piperidine rings is 1. The van der Waals surface area contributed by atoms with Gasteiger partial charge in [-0.3, -0.25) is 9.48 Å². The van der Waals surface area contributed by atoms with Gasteiger partial charge in [-0.1, -0.05) is 0 Å². The second kappa shape index (κ2) is 8.52. The first-order valence-corrected chi connectivity index (χ1v) is 10.3. The Kier molecular flexibility index (Phi) is 5.66. The number of halogens is 1. The van der Waals surface area contributed by atoms with Gasteiger partial charge in [-0.05, 0) is 37.1 Å². The van der Waals surface area contributed by atoms with Gasteiger partial charge in [0.2, 0.25) is 5.91 Å². The van der Waals surface area contributed by atoms with Crippen molar-refractivity contribution in [3.63, 3.8) is 0 Å². The first-order valence-electron chi connectivity index (χ1n) is 9.37. The van der Waals surface area contributed by atoms with Crippen molar-refractivity contribution in [1.82, 2.24) is 24.6 Å². The molecule has 0 spiro atoms. The minimum Gasteiger partial charge on any atom is -0.339 e. The lowest BCUT2D eigenvalue weighted by atomic mass is 9.94. The predicted octanol–water partition coefficient (Wildman–Crippen LogP) is 3.57. The number of anilines is 2. The third kappa shape index (κ3) is 4.68. The molecule has 4 heterocycles. The molecule has 0 aromatic carbocycles. The minimum absolute atomic E-state index is 0.0210. The number of aryl methyl sites for hydroxylation is 1. The monoisotopic (exact) mass is 412 g/mol. The molecule has 1 fully saturated rings. The van der Waals surface area contributed by atoms with Crippen LogP contribution in [0.1, 0.15) is 30.1 Å². The van der Waals surface area contributed by atoms with Gasteiger partial charge in [-0.15, -0.1) is 11.3 Å². The van der Waals surface area contributed by atoms with Gasteiger partial charge in [0.05, 0.1) is 17.6 Å². The number of nitrogens with one attached hydrogen (secondary N) is 1. The van der Waals surface area contributed by atoms with Crippen molar-refractivity contribution in [3.05, 3.63) is 59.3 Å². The SMILES string of the molecule is Cn1nccc1C=CC(=O)N1CCC(c2csc(Nc3ccc(F)cn3)n2)CC1. The standard InChI is InChI=1S/C20H21FN6OS/c1-26-16(6-9-23-26)3-5-19(28)27-10-7-14(8-11-27)17-13-29-20(24-17)25-18-4-2-15(21)12-22-18/h2-6,9,12-14H,7-8,10-11H2,1H3,(H,22,24,25). The molecule has 3 aromatic rings. The number of thiazole rings is 1. The first-order chi connectivity index (χ1) is 14.1. The van der Waals surface area contributed by atoms with Gasteiger partial charge in [-0.2, -0.15) is 5.10 Å². The van der Waals surface area contributed by atoms with Crippen molar-refractivity contribution in [2.45, 2.75) is 18.8 Å². The summed E-state index contributed by atoms with van der Waals surface area (Å²) in [5.41, 5.74) is 1.92. The average Bonchev–Trinajstić information content (AvgIpc) is 3.37. The van der Waals surface area contributed by atoms with Gasteiger partial charge in [0.25, 0.3) is 0 Å². The maximum absolute atomic E-state index is 13.0. The highest BCUT2D eigenvalue weighted by molar-refractivity contribution is 7.13. The molecule has 1 aliphatic heterocycles. The van der Waals surface area contributed by atoms with E-state index in [0.29, 0.717) is 24.8 Å². The lowest BCUT2D eigenvalue weighted by molar-refractivity contribution is -0.126. The van der Waals surface area contributed by atoms with Crippen LogP contribution >= 0.6 is 11.3 Å². The maximum Gasteiger partial charge on any atom is 0.246 e. The molecule has 7 nitrogen and oxygen atoms in total. The number of amides is 1. The average molecular weight is 412 g/mol. The number of hydrogen-bond donors (Lipinski definition) is 1. The van der Waals surface area contributed by atoms with Crippen molar-refractivity contribution in [2.75, 3.05) is 18.4 Å². The largest absolute Gasteiger partial charge is 0.339 e. The fourth-order valence-corrected chi connectivity index (χ4v) is 4.09. The summed E-state index contributed by atoms with van der Waals surface area (Å²) in [6.07, 6.45) is 8.04. The highest BCUT2D eigenvalue weighted by Gasteiger charge is 2.24. The van der Waals surface area contributed by atoms with Crippen molar-refractivity contribution >= 4 is 34.3 Å². The number of carbonyl (C=O) groups is 1. The van der Waals surface area contributed by atoms with E-state index in [0.717, 1.165) is 29.4 Å². The number of hydrogen-bond acceptors (Lipinski definition) is 6. The summed E-state index contributed by atoms with van der Waals surface area (Å²) in [5, 5.41) is 9.96. The molecule has 29 heavy (non-hydrogen) atoms. The molecule has 0 bridgehead atoms. The number of carbonyl (C=O) groups excluding carboxylic acids is 1. The van der Waals surface area contributed by atoms with Crippen LogP contribution in [0, 0.1) is 5.82 Å². The zero-order valence-corrected chi connectivity index (χ0v) is 16.8. The zero-order chi connectivity index (χ0) is 20.2. The Hall–Kier alpha value is -3.07. The molecule has 0 unspecified atom stereocenters. The Balaban J connectivity index is 1.31. The van der Waals surface area contributed by atoms with E-state index in [-0.39, 0.29) is 11.7 Å². The summed E-state index contributed by atoms with van der Waals surface area (Å²) in [6, 6.07) is 4.81. The molecule has 0 saturated carbocycles. The van der Waals surface area contributed by atoms with Gasteiger partial charge in [0.15, 0.2) is 5.13 Å². The zero-order valence-electron chi connectivity index (χ0n) is 16.0. The van der Waals surface area contributed by atoms with E-state index in [2.05, 4.69) is 20.4 Å². The molecule has 1 aliphatic rings. The molecule has 1 saturated heterocycles. The third-order valence-corrected chi connectivity index (χ3v) is 5.74. The molecule has 150 valence electrons. The van der Waals surface area contributed by atoms with Gasteiger partial charge in [-0.25, -0.2) is 14.4 Å². The fourth-order valence-electron chi connectivity index (χ4n) is 3.30. The van der Waals surface area contributed by atoms with Gasteiger partial charge in [0, 0.05) is 43.7 Å². The fraction of sp³-hybridized carbons (Fsp3) is 0.300. The molecular formula is C20H21FN6OS. The minimum atomic E-state index is -0.369. The van der Waals surface area contributed by atoms with E-state index in [9.17, 15) is 9.18 Å². The molecule has 9 heteroatoms. The molecule has 3 aromatic heterocycles. The van der Waals surface area contributed by atoms with E-state index in [1.807, 2.05) is 23.4 Å². The van der Waals surface area contributed by atoms with Crippen LogP contribution in [-0.4, -0.2) is 43.6 Å². The van der Waals surface area contributed by atoms with Crippen molar-refractivity contribution in [2.24, 2.45) is 7.05 Å². The Morgan fingerprint density at radius 2 is 2.14 bits per heavy atom. The maximum atomic E-state index is 13.0. The normalized spacial score (nSPS) is 15.2. The number of aromatic nitrogens is 4. The molecule has 4 rings (SSSR count). The Labute approximate surface area is 171 Å². The lowest BCUT2D eigenvalue weighted by Crippen LogP contribution is -2.36. The molecular weight excluding hydrogens is 391 g/mol. The van der Waals surface area contributed by atoms with E-state index < -0.39 is 0 Å². The number of nitrogens with zero attached hydrogens (tertiary/aromatic N) is 5. The highest BCUT2D eigenvalue weighted by Crippen LogP contribution is 2.31. The summed E-state index contributed by atoms with van der Waals surface area (Å²) >= 11 is 1.50. The van der Waals surface area contributed by atoms with Crippen LogP contribution in [0.2, 0.25) is 0 Å². The lowest BCUT2D eigenvalue weighted by Gasteiger charge is -2.30. The Morgan fingerprint density at radius 3 is 2.83 bits per heavy atom. The first kappa shape index (κ1) is 19.3. The van der Waals surface area contributed by atoms with Crippen LogP contribution in [0.4, 0.5) is 15.3 Å². The molecule has 0 radical (unpaired) electrons. The second-order valence-electron chi connectivity index (χ2n) is 6.88. The summed E-state index contributed by atoms with van der Waals surface area (Å²) in [5.74, 6) is 0.542. The van der Waals surface area contributed by atoms with Crippen LogP contribution < -0.4 is 5.32 Å². The second-order valence-corrected chi connectivity index (χ2v) is 7.73. The number of pyridine rings is 1. The van der Waals surface area contributed by atoms with E-state index in [1.54, 1.807) is 29.1 Å². The smallest absolute Gasteiger partial charge is 0.246 e. The van der Waals surface area contributed by atoms with Crippen molar-refractivity contribution in [3.8, 4) is 0 Å². The summed E-state index contributed by atoms with van der Waals surface area (Å²) < 4.78 is 14.7. The van der Waals surface area contributed by atoms with Crippen LogP contribution in [0.25, 0.3) is 6.08 Å². The molecule has 0 aliphatic carbocycles. The van der Waals surface area contributed by atoms with Gasteiger partial charge >= 0.3 is 0 Å². The van der Waals surface area contributed by atoms with Gasteiger partial charge in [0.1, 0.15) is 11.6 Å². The molecule has 0 atom stereocenters. The molecule has 1 amide bonds. The predicted molar refractivity (Wildman–Crippen MR) is 110 cm³/mol. The quantitative estimate of drug-likeness (QED) is 0.649.